The number of aldehydes is 1. The molecule has 0 fully saturated rings. The lowest BCUT2D eigenvalue weighted by Crippen LogP contribution is -1.93. The molecule has 0 saturated carbocycles. The van der Waals surface area contributed by atoms with Crippen LogP contribution in [0.1, 0.15) is 10.5 Å². The molecule has 0 atom stereocenters. The number of fused-ring (bicyclic) bond motifs is 3. The van der Waals surface area contributed by atoms with Crippen LogP contribution in [0.2, 0.25) is 0 Å². The van der Waals surface area contributed by atoms with Gasteiger partial charge in [-0.15, -0.1) is 0 Å². The molecule has 0 aliphatic rings. The molecule has 3 aromatic rings. The molecule has 3 rings (SSSR count). The van der Waals surface area contributed by atoms with Crippen molar-refractivity contribution in [3.63, 3.8) is 0 Å². The van der Waals surface area contributed by atoms with Gasteiger partial charge in [0.25, 0.3) is 0 Å². The van der Waals surface area contributed by atoms with E-state index in [1.807, 2.05) is 29.8 Å². The Hall–Kier alpha value is -2.09. The predicted molar refractivity (Wildman–Crippen MR) is 65.8 cm³/mol. The number of nitrogens with zero attached hydrogens (tertiary/aromatic N) is 1. The second-order valence-electron chi connectivity index (χ2n) is 3.97. The maximum atomic E-state index is 10.9. The summed E-state index contributed by atoms with van der Waals surface area (Å²) in [5.41, 5.74) is 1.84. The molecule has 16 heavy (non-hydrogen) atoms. The molecule has 0 amide bonds. The molecule has 1 aromatic heterocycles. The molecular formula is C14H11NO. The lowest BCUT2D eigenvalue weighted by molar-refractivity contribution is 0.111. The number of carbonyl (C=O) groups excluding carboxylic acids is 1. The zero-order valence-electron chi connectivity index (χ0n) is 8.97. The Labute approximate surface area is 93.1 Å². The minimum atomic E-state index is 0.714. The number of hydrogen-bond donors (Lipinski definition) is 0. The Balaban J connectivity index is 2.59. The molecule has 2 nitrogen and oxygen atoms in total. The SMILES string of the molecule is Cn1c(C=O)cc2ccc3ccccc3c21. The van der Waals surface area contributed by atoms with Crippen molar-refractivity contribution in [3.8, 4) is 0 Å². The first-order valence-corrected chi connectivity index (χ1v) is 5.23. The van der Waals surface area contributed by atoms with Crippen molar-refractivity contribution >= 4 is 28.0 Å². The fraction of sp³-hybridized carbons (Fsp3) is 0.0714. The van der Waals surface area contributed by atoms with Crippen molar-refractivity contribution in [1.82, 2.24) is 4.57 Å². The van der Waals surface area contributed by atoms with Gasteiger partial charge in [0.05, 0.1) is 11.2 Å². The van der Waals surface area contributed by atoms with E-state index < -0.39 is 0 Å². The van der Waals surface area contributed by atoms with E-state index in [4.69, 9.17) is 0 Å². The van der Waals surface area contributed by atoms with Gasteiger partial charge in [0, 0.05) is 17.8 Å². The highest BCUT2D eigenvalue weighted by atomic mass is 16.1. The van der Waals surface area contributed by atoms with E-state index >= 15 is 0 Å². The van der Waals surface area contributed by atoms with Crippen LogP contribution in [0.15, 0.2) is 42.5 Å². The molecule has 0 N–H and O–H groups in total. The van der Waals surface area contributed by atoms with Crippen LogP contribution in [-0.2, 0) is 7.05 Å². The maximum Gasteiger partial charge on any atom is 0.166 e. The largest absolute Gasteiger partial charge is 0.341 e. The van der Waals surface area contributed by atoms with Crippen molar-refractivity contribution in [2.75, 3.05) is 0 Å². The van der Waals surface area contributed by atoms with E-state index in [1.165, 1.54) is 10.8 Å². The number of rotatable bonds is 1. The van der Waals surface area contributed by atoms with Gasteiger partial charge in [0.1, 0.15) is 0 Å². The molecule has 0 aliphatic heterocycles. The minimum absolute atomic E-state index is 0.714. The molecule has 0 unspecified atom stereocenters. The van der Waals surface area contributed by atoms with Crippen LogP contribution >= 0.6 is 0 Å². The van der Waals surface area contributed by atoms with Crippen molar-refractivity contribution in [3.05, 3.63) is 48.2 Å². The third kappa shape index (κ3) is 1.10. The zero-order valence-corrected chi connectivity index (χ0v) is 8.97. The molecule has 2 heteroatoms. The van der Waals surface area contributed by atoms with Crippen LogP contribution in [0, 0.1) is 0 Å². The number of aromatic nitrogens is 1. The molecule has 0 spiro atoms. The van der Waals surface area contributed by atoms with Gasteiger partial charge in [-0.3, -0.25) is 4.79 Å². The molecular weight excluding hydrogens is 198 g/mol. The second-order valence-corrected chi connectivity index (χ2v) is 3.97. The summed E-state index contributed by atoms with van der Waals surface area (Å²) >= 11 is 0. The van der Waals surface area contributed by atoms with Crippen LogP contribution in [0.4, 0.5) is 0 Å². The quantitative estimate of drug-likeness (QED) is 0.564. The van der Waals surface area contributed by atoms with E-state index in [0.717, 1.165) is 17.2 Å². The first-order valence-electron chi connectivity index (χ1n) is 5.23. The molecule has 1 heterocycles. The Bertz CT molecular complexity index is 694. The van der Waals surface area contributed by atoms with Crippen LogP contribution in [0.3, 0.4) is 0 Å². The summed E-state index contributed by atoms with van der Waals surface area (Å²) in [6.45, 7) is 0. The third-order valence-electron chi connectivity index (χ3n) is 3.08. The summed E-state index contributed by atoms with van der Waals surface area (Å²) in [6, 6.07) is 14.3. The van der Waals surface area contributed by atoms with Crippen molar-refractivity contribution in [2.24, 2.45) is 7.05 Å². The van der Waals surface area contributed by atoms with Gasteiger partial charge in [-0.05, 0) is 11.5 Å². The molecule has 2 aromatic carbocycles. The lowest BCUT2D eigenvalue weighted by atomic mass is 10.1. The van der Waals surface area contributed by atoms with Crippen LogP contribution in [0.5, 0.6) is 0 Å². The number of benzene rings is 2. The van der Waals surface area contributed by atoms with Crippen molar-refractivity contribution in [1.29, 1.82) is 0 Å². The Morgan fingerprint density at radius 3 is 2.62 bits per heavy atom. The summed E-state index contributed by atoms with van der Waals surface area (Å²) in [5.74, 6) is 0. The average molecular weight is 209 g/mol. The summed E-state index contributed by atoms with van der Waals surface area (Å²) < 4.78 is 1.95. The van der Waals surface area contributed by atoms with E-state index in [9.17, 15) is 4.79 Å². The van der Waals surface area contributed by atoms with Crippen LogP contribution in [-0.4, -0.2) is 10.9 Å². The summed E-state index contributed by atoms with van der Waals surface area (Å²) in [5, 5.41) is 3.51. The smallest absolute Gasteiger partial charge is 0.166 e. The van der Waals surface area contributed by atoms with Gasteiger partial charge < -0.3 is 4.57 Å². The topological polar surface area (TPSA) is 22.0 Å². The molecule has 78 valence electrons. The maximum absolute atomic E-state index is 10.9. The molecule has 0 radical (unpaired) electrons. The zero-order chi connectivity index (χ0) is 11.1. The molecule has 0 bridgehead atoms. The standard InChI is InChI=1S/C14H11NO/c1-15-12(9-16)8-11-7-6-10-4-2-3-5-13(10)14(11)15/h2-9H,1H3. The van der Waals surface area contributed by atoms with Gasteiger partial charge in [0.2, 0.25) is 0 Å². The van der Waals surface area contributed by atoms with Crippen molar-refractivity contribution < 1.29 is 4.79 Å². The fourth-order valence-electron chi connectivity index (χ4n) is 2.26. The Morgan fingerprint density at radius 1 is 1.06 bits per heavy atom. The number of hydrogen-bond acceptors (Lipinski definition) is 1. The van der Waals surface area contributed by atoms with E-state index in [0.29, 0.717) is 5.69 Å². The predicted octanol–water partition coefficient (Wildman–Crippen LogP) is 3.14. The summed E-state index contributed by atoms with van der Waals surface area (Å²) in [7, 11) is 1.93. The van der Waals surface area contributed by atoms with Gasteiger partial charge >= 0.3 is 0 Å². The number of carbonyl (C=O) groups is 1. The monoisotopic (exact) mass is 209 g/mol. The number of aryl methyl sites for hydroxylation is 1. The van der Waals surface area contributed by atoms with Gasteiger partial charge in [-0.2, -0.15) is 0 Å². The highest BCUT2D eigenvalue weighted by Crippen LogP contribution is 2.26. The Morgan fingerprint density at radius 2 is 1.81 bits per heavy atom. The third-order valence-corrected chi connectivity index (χ3v) is 3.08. The molecule has 0 saturated heterocycles. The highest BCUT2D eigenvalue weighted by molar-refractivity contribution is 6.07. The fourth-order valence-corrected chi connectivity index (χ4v) is 2.26. The van der Waals surface area contributed by atoms with Gasteiger partial charge in [-0.1, -0.05) is 36.4 Å². The van der Waals surface area contributed by atoms with Crippen LogP contribution in [0.25, 0.3) is 21.7 Å². The van der Waals surface area contributed by atoms with E-state index in [2.05, 4.69) is 24.3 Å². The first-order chi connectivity index (χ1) is 7.81. The highest BCUT2D eigenvalue weighted by Gasteiger charge is 2.07. The van der Waals surface area contributed by atoms with Gasteiger partial charge in [0.15, 0.2) is 6.29 Å². The minimum Gasteiger partial charge on any atom is -0.341 e. The summed E-state index contributed by atoms with van der Waals surface area (Å²) in [4.78, 5) is 10.9. The normalized spacial score (nSPS) is 11.1. The van der Waals surface area contributed by atoms with Crippen molar-refractivity contribution in [2.45, 2.75) is 0 Å². The summed E-state index contributed by atoms with van der Waals surface area (Å²) in [6.07, 6.45) is 0.898. The van der Waals surface area contributed by atoms with Gasteiger partial charge in [-0.25, -0.2) is 0 Å². The lowest BCUT2D eigenvalue weighted by Gasteiger charge is -2.03. The van der Waals surface area contributed by atoms with E-state index in [-0.39, 0.29) is 0 Å². The first kappa shape index (κ1) is 9.16. The second kappa shape index (κ2) is 3.20. The van der Waals surface area contributed by atoms with Crippen LogP contribution < -0.4 is 0 Å². The Kier molecular flexibility index (Phi) is 1.83. The molecule has 0 aliphatic carbocycles. The average Bonchev–Trinajstić information content (AvgIpc) is 2.66. The van der Waals surface area contributed by atoms with E-state index in [1.54, 1.807) is 0 Å².